The molecule has 1 N–H and O–H groups in total. The highest BCUT2D eigenvalue weighted by Crippen LogP contribution is 2.43. The molecule has 1 aromatic heterocycles. The lowest BCUT2D eigenvalue weighted by Crippen LogP contribution is -2.29. The molecule has 0 saturated carbocycles. The second-order valence-corrected chi connectivity index (χ2v) is 9.78. The van der Waals surface area contributed by atoms with Crippen molar-refractivity contribution < 1.29 is 24.2 Å². The van der Waals surface area contributed by atoms with Crippen LogP contribution >= 0.6 is 0 Å². The number of ketones is 1. The van der Waals surface area contributed by atoms with Gasteiger partial charge in [0, 0.05) is 29.2 Å². The Morgan fingerprint density at radius 1 is 1.00 bits per heavy atom. The van der Waals surface area contributed by atoms with E-state index in [-0.39, 0.29) is 16.7 Å². The van der Waals surface area contributed by atoms with Crippen molar-refractivity contribution in [2.45, 2.75) is 46.1 Å². The van der Waals surface area contributed by atoms with Gasteiger partial charge in [-0.25, -0.2) is 0 Å². The van der Waals surface area contributed by atoms with Crippen LogP contribution in [0, 0.1) is 0 Å². The Hall–Kier alpha value is -4.13. The number of benzene rings is 2. The van der Waals surface area contributed by atoms with Gasteiger partial charge in [-0.1, -0.05) is 26.8 Å². The zero-order chi connectivity index (χ0) is 26.7. The molecule has 2 aromatic carbocycles. The maximum atomic E-state index is 13.4. The van der Waals surface area contributed by atoms with Crippen LogP contribution in [0.1, 0.15) is 57.4 Å². The number of carbonyl (C=O) groups is 2. The summed E-state index contributed by atoms with van der Waals surface area (Å²) in [4.78, 5) is 32.4. The van der Waals surface area contributed by atoms with E-state index < -0.39 is 17.7 Å². The van der Waals surface area contributed by atoms with Crippen molar-refractivity contribution >= 4 is 23.1 Å². The minimum absolute atomic E-state index is 0.0101. The topological polar surface area (TPSA) is 89.0 Å². The summed E-state index contributed by atoms with van der Waals surface area (Å²) in [5.74, 6) is -0.350. The third-order valence-electron chi connectivity index (χ3n) is 6.23. The van der Waals surface area contributed by atoms with E-state index in [0.717, 1.165) is 5.56 Å². The molecule has 2 heterocycles. The van der Waals surface area contributed by atoms with Gasteiger partial charge in [0.05, 0.1) is 24.8 Å². The number of rotatable bonds is 7. The molecule has 1 aliphatic rings. The number of ether oxygens (including phenoxy) is 2. The SMILES string of the molecule is CCOc1ccc(N2C(=O)C(=O)/C(=C(\O)c3ccc(OCC)c(C(C)(C)C)c3)C2c2cccnc2)cc1. The van der Waals surface area contributed by atoms with Crippen molar-refractivity contribution in [2.75, 3.05) is 18.1 Å². The third kappa shape index (κ3) is 5.07. The number of pyridine rings is 1. The number of aliphatic hydroxyl groups excluding tert-OH is 1. The van der Waals surface area contributed by atoms with Crippen LogP contribution < -0.4 is 14.4 Å². The quantitative estimate of drug-likeness (QED) is 0.250. The van der Waals surface area contributed by atoms with E-state index in [1.807, 2.05) is 19.9 Å². The monoisotopic (exact) mass is 500 g/mol. The van der Waals surface area contributed by atoms with Gasteiger partial charge in [-0.3, -0.25) is 19.5 Å². The molecule has 37 heavy (non-hydrogen) atoms. The van der Waals surface area contributed by atoms with Crippen LogP contribution in [-0.2, 0) is 15.0 Å². The molecule has 1 saturated heterocycles. The molecule has 1 fully saturated rings. The lowest BCUT2D eigenvalue weighted by Gasteiger charge is -2.26. The van der Waals surface area contributed by atoms with Crippen molar-refractivity contribution in [1.82, 2.24) is 4.98 Å². The van der Waals surface area contributed by atoms with Crippen molar-refractivity contribution in [3.63, 3.8) is 0 Å². The summed E-state index contributed by atoms with van der Waals surface area (Å²) in [7, 11) is 0. The van der Waals surface area contributed by atoms with Gasteiger partial charge in [-0.15, -0.1) is 0 Å². The lowest BCUT2D eigenvalue weighted by molar-refractivity contribution is -0.132. The fourth-order valence-corrected chi connectivity index (χ4v) is 4.52. The Bertz CT molecular complexity index is 1320. The van der Waals surface area contributed by atoms with Crippen LogP contribution in [-0.4, -0.2) is 35.0 Å². The van der Waals surface area contributed by atoms with E-state index in [9.17, 15) is 14.7 Å². The number of carbonyl (C=O) groups excluding carboxylic acids is 2. The molecule has 0 aliphatic carbocycles. The summed E-state index contributed by atoms with van der Waals surface area (Å²) < 4.78 is 11.3. The standard InChI is InChI=1S/C30H32N2O5/c1-6-36-22-13-11-21(12-14-22)32-26(20-9-8-16-31-18-20)25(28(34)29(32)35)27(33)19-10-15-24(37-7-2)23(17-19)30(3,4)5/h8-18,26,33H,6-7H2,1-5H3/b27-25-. The number of hydrogen-bond acceptors (Lipinski definition) is 6. The normalized spacial score (nSPS) is 17.2. The third-order valence-corrected chi connectivity index (χ3v) is 6.23. The molecule has 192 valence electrons. The molecule has 0 radical (unpaired) electrons. The highest BCUT2D eigenvalue weighted by molar-refractivity contribution is 6.51. The fourth-order valence-electron chi connectivity index (χ4n) is 4.52. The van der Waals surface area contributed by atoms with Gasteiger partial charge >= 0.3 is 0 Å². The molecule has 7 heteroatoms. The predicted molar refractivity (Wildman–Crippen MR) is 143 cm³/mol. The first kappa shape index (κ1) is 25.9. The lowest BCUT2D eigenvalue weighted by atomic mass is 9.84. The number of aromatic nitrogens is 1. The molecule has 4 rings (SSSR count). The van der Waals surface area contributed by atoms with Gasteiger partial charge in [-0.2, -0.15) is 0 Å². The first-order valence-electron chi connectivity index (χ1n) is 12.4. The van der Waals surface area contributed by atoms with E-state index in [1.165, 1.54) is 4.90 Å². The molecule has 0 bridgehead atoms. The molecule has 1 unspecified atom stereocenters. The van der Waals surface area contributed by atoms with Gasteiger partial charge in [0.1, 0.15) is 17.3 Å². The van der Waals surface area contributed by atoms with Crippen LogP contribution in [0.4, 0.5) is 5.69 Å². The first-order chi connectivity index (χ1) is 17.7. The van der Waals surface area contributed by atoms with Crippen LogP contribution in [0.15, 0.2) is 72.6 Å². The van der Waals surface area contributed by atoms with Gasteiger partial charge in [0.15, 0.2) is 0 Å². The minimum atomic E-state index is -0.851. The summed E-state index contributed by atoms with van der Waals surface area (Å²) in [6, 6.07) is 15.0. The summed E-state index contributed by atoms with van der Waals surface area (Å²) >= 11 is 0. The van der Waals surface area contributed by atoms with E-state index in [4.69, 9.17) is 9.47 Å². The fraction of sp³-hybridized carbons (Fsp3) is 0.300. The maximum absolute atomic E-state index is 13.4. The average molecular weight is 501 g/mol. The molecular weight excluding hydrogens is 468 g/mol. The van der Waals surface area contributed by atoms with Crippen molar-refractivity contribution in [1.29, 1.82) is 0 Å². The summed E-state index contributed by atoms with van der Waals surface area (Å²) in [5, 5.41) is 11.5. The van der Waals surface area contributed by atoms with Crippen LogP contribution in [0.5, 0.6) is 11.5 Å². The highest BCUT2D eigenvalue weighted by atomic mass is 16.5. The Balaban J connectivity index is 1.89. The number of nitrogens with zero attached hydrogens (tertiary/aromatic N) is 2. The molecule has 0 spiro atoms. The molecule has 1 aliphatic heterocycles. The van der Waals surface area contributed by atoms with Gasteiger partial charge < -0.3 is 14.6 Å². The van der Waals surface area contributed by atoms with E-state index in [1.54, 1.807) is 60.9 Å². The van der Waals surface area contributed by atoms with Crippen molar-refractivity contribution in [2.24, 2.45) is 0 Å². The number of anilines is 1. The Labute approximate surface area is 217 Å². The van der Waals surface area contributed by atoms with Gasteiger partial charge in [-0.05, 0) is 73.4 Å². The predicted octanol–water partition coefficient (Wildman–Crippen LogP) is 5.80. The van der Waals surface area contributed by atoms with E-state index >= 15 is 0 Å². The molecule has 7 nitrogen and oxygen atoms in total. The second kappa shape index (κ2) is 10.5. The van der Waals surface area contributed by atoms with Gasteiger partial charge in [0.25, 0.3) is 11.7 Å². The largest absolute Gasteiger partial charge is 0.507 e. The second-order valence-electron chi connectivity index (χ2n) is 9.78. The molecular formula is C30H32N2O5. The number of hydrogen-bond donors (Lipinski definition) is 1. The molecule has 1 amide bonds. The maximum Gasteiger partial charge on any atom is 0.300 e. The smallest absolute Gasteiger partial charge is 0.300 e. The Morgan fingerprint density at radius 3 is 2.30 bits per heavy atom. The highest BCUT2D eigenvalue weighted by Gasteiger charge is 2.47. The Morgan fingerprint density at radius 2 is 1.70 bits per heavy atom. The zero-order valence-corrected chi connectivity index (χ0v) is 21.8. The van der Waals surface area contributed by atoms with E-state index in [0.29, 0.717) is 41.5 Å². The zero-order valence-electron chi connectivity index (χ0n) is 21.8. The number of Topliss-reactive ketones (excluding diaryl/α,β-unsaturated/α-hetero) is 1. The van der Waals surface area contributed by atoms with E-state index in [2.05, 4.69) is 25.8 Å². The van der Waals surface area contributed by atoms with Crippen molar-refractivity contribution in [3.8, 4) is 11.5 Å². The number of amides is 1. The summed E-state index contributed by atoms with van der Waals surface area (Å²) in [5.41, 5.74) is 2.18. The van der Waals surface area contributed by atoms with Crippen LogP contribution in [0.2, 0.25) is 0 Å². The van der Waals surface area contributed by atoms with Crippen molar-refractivity contribution in [3.05, 3.63) is 89.3 Å². The molecule has 1 atom stereocenters. The van der Waals surface area contributed by atoms with Gasteiger partial charge in [0.2, 0.25) is 0 Å². The summed E-state index contributed by atoms with van der Waals surface area (Å²) in [6.45, 7) is 11.0. The minimum Gasteiger partial charge on any atom is -0.507 e. The summed E-state index contributed by atoms with van der Waals surface area (Å²) in [6.07, 6.45) is 3.22. The average Bonchev–Trinajstić information content (AvgIpc) is 3.15. The Kier molecular flexibility index (Phi) is 7.34. The molecule has 3 aromatic rings. The van der Waals surface area contributed by atoms with Crippen LogP contribution in [0.3, 0.4) is 0 Å². The first-order valence-corrected chi connectivity index (χ1v) is 12.4. The number of aliphatic hydroxyl groups is 1. The van der Waals surface area contributed by atoms with Crippen LogP contribution in [0.25, 0.3) is 5.76 Å².